The van der Waals surface area contributed by atoms with Crippen molar-refractivity contribution in [3.05, 3.63) is 52.2 Å². The Morgan fingerprint density at radius 1 is 1.12 bits per heavy atom. The van der Waals surface area contributed by atoms with Crippen LogP contribution in [0.3, 0.4) is 0 Å². The molecule has 2 N–H and O–H groups in total. The molecule has 0 aliphatic rings. The molecule has 3 nitrogen and oxygen atoms in total. The Morgan fingerprint density at radius 2 is 1.82 bits per heavy atom. The maximum Gasteiger partial charge on any atom is 0.106 e. The van der Waals surface area contributed by atoms with Crippen molar-refractivity contribution in [2.24, 2.45) is 5.73 Å². The van der Waals surface area contributed by atoms with Crippen LogP contribution in [0, 0.1) is 27.7 Å². The number of furan rings is 1. The molecule has 2 rings (SSSR count). The molecule has 2 aromatic rings. The molecule has 17 heavy (non-hydrogen) atoms. The number of hydrogen-bond acceptors (Lipinski definition) is 3. The van der Waals surface area contributed by atoms with E-state index in [1.807, 2.05) is 40.1 Å². The van der Waals surface area contributed by atoms with Crippen molar-refractivity contribution >= 4 is 0 Å². The lowest BCUT2D eigenvalue weighted by atomic mass is 9.97. The predicted molar refractivity (Wildman–Crippen MR) is 67.9 cm³/mol. The number of hydrogen-bond donors (Lipinski definition) is 1. The highest BCUT2D eigenvalue weighted by molar-refractivity contribution is 5.40. The van der Waals surface area contributed by atoms with E-state index in [-0.39, 0.29) is 6.04 Å². The Morgan fingerprint density at radius 3 is 2.35 bits per heavy atom. The maximum absolute atomic E-state index is 6.30. The minimum absolute atomic E-state index is 0.167. The van der Waals surface area contributed by atoms with Gasteiger partial charge in [-0.25, -0.2) is 0 Å². The van der Waals surface area contributed by atoms with Crippen LogP contribution in [0.4, 0.5) is 0 Å². The first-order valence-electron chi connectivity index (χ1n) is 5.74. The lowest BCUT2D eigenvalue weighted by molar-refractivity contribution is 0.498. The molecule has 2 aromatic heterocycles. The molecule has 1 unspecified atom stereocenters. The maximum atomic E-state index is 6.30. The summed E-state index contributed by atoms with van der Waals surface area (Å²) >= 11 is 0. The summed E-state index contributed by atoms with van der Waals surface area (Å²) in [7, 11) is 0. The van der Waals surface area contributed by atoms with Crippen molar-refractivity contribution in [3.8, 4) is 0 Å². The fourth-order valence-electron chi connectivity index (χ4n) is 2.18. The van der Waals surface area contributed by atoms with Crippen molar-refractivity contribution in [2.75, 3.05) is 0 Å². The van der Waals surface area contributed by atoms with E-state index in [1.54, 1.807) is 0 Å². The van der Waals surface area contributed by atoms with Gasteiger partial charge in [0, 0.05) is 18.0 Å². The zero-order valence-corrected chi connectivity index (χ0v) is 10.7. The molecule has 0 spiro atoms. The fourth-order valence-corrected chi connectivity index (χ4v) is 2.18. The average Bonchev–Trinajstić information content (AvgIpc) is 2.52. The second kappa shape index (κ2) is 4.34. The molecule has 1 atom stereocenters. The smallest absolute Gasteiger partial charge is 0.106 e. The molecule has 0 aromatic carbocycles. The van der Waals surface area contributed by atoms with Gasteiger partial charge >= 0.3 is 0 Å². The van der Waals surface area contributed by atoms with Crippen molar-refractivity contribution < 1.29 is 4.42 Å². The molecule has 90 valence electrons. The number of pyridine rings is 1. The Kier molecular flexibility index (Phi) is 3.03. The van der Waals surface area contributed by atoms with Gasteiger partial charge in [-0.3, -0.25) is 4.98 Å². The van der Waals surface area contributed by atoms with Gasteiger partial charge in [0.25, 0.3) is 0 Å². The molecule has 0 bridgehead atoms. The van der Waals surface area contributed by atoms with E-state index in [9.17, 15) is 0 Å². The molecule has 3 heteroatoms. The summed E-state index contributed by atoms with van der Waals surface area (Å²) in [6, 6.07) is 1.90. The van der Waals surface area contributed by atoms with E-state index in [0.29, 0.717) is 0 Å². The van der Waals surface area contributed by atoms with Gasteiger partial charge in [0.15, 0.2) is 0 Å². The molecule has 0 fully saturated rings. The first kappa shape index (κ1) is 11.9. The van der Waals surface area contributed by atoms with Gasteiger partial charge in [-0.15, -0.1) is 0 Å². The monoisotopic (exact) mass is 230 g/mol. The summed E-state index contributed by atoms with van der Waals surface area (Å²) in [6.07, 6.45) is 3.65. The van der Waals surface area contributed by atoms with Crippen LogP contribution < -0.4 is 5.73 Å². The van der Waals surface area contributed by atoms with E-state index >= 15 is 0 Å². The molecule has 0 radical (unpaired) electrons. The topological polar surface area (TPSA) is 52.0 Å². The highest BCUT2D eigenvalue weighted by Gasteiger charge is 2.19. The van der Waals surface area contributed by atoms with Crippen LogP contribution in [-0.4, -0.2) is 4.98 Å². The lowest BCUT2D eigenvalue weighted by Gasteiger charge is -2.12. The minimum atomic E-state index is -0.167. The van der Waals surface area contributed by atoms with Crippen LogP contribution in [0.5, 0.6) is 0 Å². The summed E-state index contributed by atoms with van der Waals surface area (Å²) in [5.41, 5.74) is 10.7. The van der Waals surface area contributed by atoms with Crippen molar-refractivity contribution in [1.29, 1.82) is 0 Å². The van der Waals surface area contributed by atoms with Gasteiger partial charge in [0.1, 0.15) is 11.5 Å². The molecule has 0 saturated heterocycles. The van der Waals surface area contributed by atoms with E-state index < -0.39 is 0 Å². The van der Waals surface area contributed by atoms with Gasteiger partial charge in [-0.2, -0.15) is 0 Å². The third-order valence-electron chi connectivity index (χ3n) is 3.18. The molecule has 0 aliphatic carbocycles. The summed E-state index contributed by atoms with van der Waals surface area (Å²) in [5.74, 6) is 1.84. The van der Waals surface area contributed by atoms with E-state index in [0.717, 1.165) is 33.8 Å². The van der Waals surface area contributed by atoms with Gasteiger partial charge in [0.05, 0.1) is 6.04 Å². The molecule has 0 aliphatic heterocycles. The lowest BCUT2D eigenvalue weighted by Crippen LogP contribution is -2.13. The summed E-state index contributed by atoms with van der Waals surface area (Å²) in [6.45, 7) is 7.99. The normalized spacial score (nSPS) is 12.8. The van der Waals surface area contributed by atoms with Crippen LogP contribution in [0.2, 0.25) is 0 Å². The Balaban J connectivity index is 2.47. The number of aromatic nitrogens is 1. The summed E-state index contributed by atoms with van der Waals surface area (Å²) < 4.78 is 5.62. The molecule has 0 amide bonds. The third-order valence-corrected chi connectivity index (χ3v) is 3.18. The van der Waals surface area contributed by atoms with Crippen LogP contribution >= 0.6 is 0 Å². The summed E-state index contributed by atoms with van der Waals surface area (Å²) in [5, 5.41) is 0. The van der Waals surface area contributed by atoms with Crippen LogP contribution in [0.1, 0.15) is 39.8 Å². The zero-order valence-electron chi connectivity index (χ0n) is 10.7. The Hall–Kier alpha value is -1.61. The van der Waals surface area contributed by atoms with Gasteiger partial charge < -0.3 is 10.2 Å². The average molecular weight is 230 g/mol. The second-order valence-corrected chi connectivity index (χ2v) is 4.53. The SMILES string of the molecule is Cc1cncc(C(N)c2c(C)oc(C)c2C)c1. The number of nitrogens with zero attached hydrogens (tertiary/aromatic N) is 1. The van der Waals surface area contributed by atoms with Crippen molar-refractivity contribution in [2.45, 2.75) is 33.7 Å². The standard InChI is InChI=1S/C14H18N2O/c1-8-5-12(7-16-6-8)14(15)13-9(2)10(3)17-11(13)4/h5-7,14H,15H2,1-4H3. The molecular weight excluding hydrogens is 212 g/mol. The van der Waals surface area contributed by atoms with Gasteiger partial charge in [0.2, 0.25) is 0 Å². The van der Waals surface area contributed by atoms with Crippen LogP contribution in [0.25, 0.3) is 0 Å². The van der Waals surface area contributed by atoms with E-state index in [1.165, 1.54) is 0 Å². The molecule has 2 heterocycles. The third kappa shape index (κ3) is 2.11. The largest absolute Gasteiger partial charge is 0.466 e. The Bertz CT molecular complexity index is 543. The highest BCUT2D eigenvalue weighted by atomic mass is 16.3. The summed E-state index contributed by atoms with van der Waals surface area (Å²) in [4.78, 5) is 4.19. The van der Waals surface area contributed by atoms with Crippen LogP contribution in [0.15, 0.2) is 22.9 Å². The van der Waals surface area contributed by atoms with E-state index in [2.05, 4.69) is 11.1 Å². The second-order valence-electron chi connectivity index (χ2n) is 4.53. The highest BCUT2D eigenvalue weighted by Crippen LogP contribution is 2.29. The van der Waals surface area contributed by atoms with Gasteiger partial charge in [-0.05, 0) is 44.4 Å². The van der Waals surface area contributed by atoms with Crippen molar-refractivity contribution in [1.82, 2.24) is 4.98 Å². The molecular formula is C14H18N2O. The quantitative estimate of drug-likeness (QED) is 0.863. The van der Waals surface area contributed by atoms with E-state index in [4.69, 9.17) is 10.2 Å². The number of nitrogens with two attached hydrogens (primary N) is 1. The fraction of sp³-hybridized carbons (Fsp3) is 0.357. The van der Waals surface area contributed by atoms with Crippen molar-refractivity contribution in [3.63, 3.8) is 0 Å². The number of rotatable bonds is 2. The number of aryl methyl sites for hydroxylation is 3. The predicted octanol–water partition coefficient (Wildman–Crippen LogP) is 2.96. The van der Waals surface area contributed by atoms with Crippen LogP contribution in [-0.2, 0) is 0 Å². The first-order valence-corrected chi connectivity index (χ1v) is 5.74. The Labute approximate surface area is 102 Å². The minimum Gasteiger partial charge on any atom is -0.466 e. The van der Waals surface area contributed by atoms with Gasteiger partial charge in [-0.1, -0.05) is 6.07 Å². The first-order chi connectivity index (χ1) is 8.00. The zero-order chi connectivity index (χ0) is 12.6. The molecule has 0 saturated carbocycles.